The Morgan fingerprint density at radius 1 is 1.47 bits per heavy atom. The minimum Gasteiger partial charge on any atom is -0.512 e. The van der Waals surface area contributed by atoms with Crippen molar-refractivity contribution in [3.8, 4) is 0 Å². The van der Waals surface area contributed by atoms with Crippen LogP contribution < -0.4 is 5.32 Å². The monoisotopic (exact) mass is 257 g/mol. The van der Waals surface area contributed by atoms with E-state index in [1.54, 1.807) is 13.2 Å². The van der Waals surface area contributed by atoms with Gasteiger partial charge in [0.1, 0.15) is 5.76 Å². The number of allylic oxidation sites excluding steroid dienone is 6. The van der Waals surface area contributed by atoms with Crippen LogP contribution in [0.4, 0.5) is 0 Å². The number of aliphatic hydroxyl groups is 1. The van der Waals surface area contributed by atoms with E-state index < -0.39 is 0 Å². The minimum absolute atomic E-state index is 0.386. The highest BCUT2D eigenvalue weighted by Crippen LogP contribution is 2.50. The Balaban J connectivity index is 1.77. The van der Waals surface area contributed by atoms with Gasteiger partial charge in [0.15, 0.2) is 0 Å². The van der Waals surface area contributed by atoms with Crippen molar-refractivity contribution in [2.45, 2.75) is 19.8 Å². The van der Waals surface area contributed by atoms with Crippen molar-refractivity contribution in [3.63, 3.8) is 0 Å². The van der Waals surface area contributed by atoms with Gasteiger partial charge >= 0.3 is 0 Å². The lowest BCUT2D eigenvalue weighted by molar-refractivity contribution is 0.291. The molecule has 19 heavy (non-hydrogen) atoms. The van der Waals surface area contributed by atoms with Crippen molar-refractivity contribution in [2.75, 3.05) is 7.11 Å². The first-order chi connectivity index (χ1) is 9.10. The summed E-state index contributed by atoms with van der Waals surface area (Å²) in [5.41, 5.74) is 4.24. The zero-order valence-electron chi connectivity index (χ0n) is 11.4. The number of rotatable bonds is 4. The molecule has 0 bridgehead atoms. The Morgan fingerprint density at radius 3 is 2.89 bits per heavy atom. The molecule has 0 spiro atoms. The third kappa shape index (κ3) is 2.09. The van der Waals surface area contributed by atoms with Crippen molar-refractivity contribution in [3.05, 3.63) is 58.9 Å². The molecule has 3 rings (SSSR count). The van der Waals surface area contributed by atoms with Crippen LogP contribution in [0, 0.1) is 11.8 Å². The maximum absolute atomic E-state index is 9.45. The Hall–Kier alpha value is -1.90. The predicted molar refractivity (Wildman–Crippen MR) is 75.1 cm³/mol. The van der Waals surface area contributed by atoms with Crippen LogP contribution in [0.2, 0.25) is 0 Å². The molecule has 0 aromatic carbocycles. The van der Waals surface area contributed by atoms with Gasteiger partial charge in [-0.25, -0.2) is 0 Å². The van der Waals surface area contributed by atoms with E-state index in [0.29, 0.717) is 24.0 Å². The van der Waals surface area contributed by atoms with E-state index in [-0.39, 0.29) is 0 Å². The normalized spacial score (nSPS) is 28.2. The number of fused-ring (bicyclic) bond motifs is 1. The van der Waals surface area contributed by atoms with E-state index in [0.717, 1.165) is 22.7 Å². The quantitative estimate of drug-likeness (QED) is 0.811. The van der Waals surface area contributed by atoms with E-state index in [2.05, 4.69) is 24.9 Å². The van der Waals surface area contributed by atoms with Crippen molar-refractivity contribution < 1.29 is 9.84 Å². The summed E-state index contributed by atoms with van der Waals surface area (Å²) in [6.45, 7) is 6.22. The molecule has 2 atom stereocenters. The molecule has 2 N–H and O–H groups in total. The second-order valence-electron chi connectivity index (χ2n) is 5.43. The summed E-state index contributed by atoms with van der Waals surface area (Å²) in [5, 5.41) is 12.8. The van der Waals surface area contributed by atoms with Gasteiger partial charge in [0, 0.05) is 12.1 Å². The molecule has 0 aromatic heterocycles. The third-order valence-electron chi connectivity index (χ3n) is 4.13. The zero-order valence-corrected chi connectivity index (χ0v) is 11.4. The minimum atomic E-state index is 0.386. The highest BCUT2D eigenvalue weighted by molar-refractivity contribution is 5.46. The lowest BCUT2D eigenvalue weighted by atomic mass is 10.0. The maximum atomic E-state index is 9.45. The molecule has 0 aromatic rings. The molecule has 3 heteroatoms. The zero-order chi connectivity index (χ0) is 13.6. The molecule has 0 radical (unpaired) electrons. The third-order valence-corrected chi connectivity index (χ3v) is 4.13. The van der Waals surface area contributed by atoms with Gasteiger partial charge in [-0.1, -0.05) is 12.7 Å². The van der Waals surface area contributed by atoms with E-state index >= 15 is 0 Å². The highest BCUT2D eigenvalue weighted by atomic mass is 16.5. The molecule has 0 saturated heterocycles. The van der Waals surface area contributed by atoms with Crippen molar-refractivity contribution in [1.29, 1.82) is 0 Å². The maximum Gasteiger partial charge on any atom is 0.138 e. The van der Waals surface area contributed by atoms with Gasteiger partial charge in [0.05, 0.1) is 18.6 Å². The molecule has 0 aliphatic heterocycles. The lowest BCUT2D eigenvalue weighted by Gasteiger charge is -2.22. The SMILES string of the molecule is C=C(NC1=C(C)C2CC2C=C1OC)C1=CC=C(O)C1. The van der Waals surface area contributed by atoms with Gasteiger partial charge in [-0.15, -0.1) is 0 Å². The largest absolute Gasteiger partial charge is 0.512 e. The lowest BCUT2D eigenvalue weighted by Crippen LogP contribution is -2.20. The van der Waals surface area contributed by atoms with Crippen molar-refractivity contribution in [2.24, 2.45) is 11.8 Å². The molecule has 3 aliphatic rings. The van der Waals surface area contributed by atoms with Crippen molar-refractivity contribution >= 4 is 0 Å². The first-order valence-electron chi connectivity index (χ1n) is 6.62. The molecular weight excluding hydrogens is 238 g/mol. The summed E-state index contributed by atoms with van der Waals surface area (Å²) in [7, 11) is 1.70. The predicted octanol–water partition coefficient (Wildman–Crippen LogP) is 3.32. The molecule has 3 aliphatic carbocycles. The molecular formula is C16H19NO2. The van der Waals surface area contributed by atoms with Gasteiger partial charge in [-0.2, -0.15) is 0 Å². The Kier molecular flexibility index (Phi) is 2.77. The van der Waals surface area contributed by atoms with E-state index in [1.807, 2.05) is 6.08 Å². The van der Waals surface area contributed by atoms with Gasteiger partial charge in [-0.05, 0) is 48.5 Å². The molecule has 2 unspecified atom stereocenters. The Morgan fingerprint density at radius 2 is 2.26 bits per heavy atom. The fourth-order valence-electron chi connectivity index (χ4n) is 2.83. The number of hydrogen-bond acceptors (Lipinski definition) is 3. The number of aliphatic hydroxyl groups excluding tert-OH is 1. The summed E-state index contributed by atoms with van der Waals surface area (Å²) in [4.78, 5) is 0. The summed E-state index contributed by atoms with van der Waals surface area (Å²) in [5.74, 6) is 2.62. The summed E-state index contributed by atoms with van der Waals surface area (Å²) >= 11 is 0. The molecule has 1 fully saturated rings. The second kappa shape index (κ2) is 4.34. The molecule has 1 saturated carbocycles. The molecule has 3 nitrogen and oxygen atoms in total. The highest BCUT2D eigenvalue weighted by Gasteiger charge is 2.42. The van der Waals surface area contributed by atoms with Gasteiger partial charge in [-0.3, -0.25) is 0 Å². The first-order valence-corrected chi connectivity index (χ1v) is 6.62. The second-order valence-corrected chi connectivity index (χ2v) is 5.43. The Bertz CT molecular complexity index is 563. The Labute approximate surface area is 113 Å². The van der Waals surface area contributed by atoms with Crippen LogP contribution in [0.5, 0.6) is 0 Å². The number of methoxy groups -OCH3 is 1. The summed E-state index contributed by atoms with van der Waals surface area (Å²) in [6.07, 6.45) is 7.59. The smallest absolute Gasteiger partial charge is 0.138 e. The van der Waals surface area contributed by atoms with Gasteiger partial charge in [0.25, 0.3) is 0 Å². The average Bonchev–Trinajstić information content (AvgIpc) is 3.05. The number of ether oxygens (including phenoxy) is 1. The topological polar surface area (TPSA) is 41.5 Å². The number of hydrogen-bond donors (Lipinski definition) is 2. The van der Waals surface area contributed by atoms with Gasteiger partial charge < -0.3 is 15.2 Å². The van der Waals surface area contributed by atoms with E-state index in [4.69, 9.17) is 4.74 Å². The van der Waals surface area contributed by atoms with E-state index in [9.17, 15) is 5.11 Å². The van der Waals surface area contributed by atoms with Crippen LogP contribution in [0.25, 0.3) is 0 Å². The van der Waals surface area contributed by atoms with E-state index in [1.165, 1.54) is 12.0 Å². The van der Waals surface area contributed by atoms with Crippen LogP contribution in [0.15, 0.2) is 58.9 Å². The number of nitrogens with one attached hydrogen (secondary N) is 1. The first kappa shape index (κ1) is 12.2. The van der Waals surface area contributed by atoms with Crippen molar-refractivity contribution in [1.82, 2.24) is 5.32 Å². The van der Waals surface area contributed by atoms with Crippen LogP contribution in [0.3, 0.4) is 0 Å². The standard InChI is InChI=1S/C16H19NO2/c1-9-14-7-12(14)8-15(19-3)16(9)17-10(2)11-4-5-13(18)6-11/h4-5,8,12,14,17-18H,2,6-7H2,1,3H3. The van der Waals surface area contributed by atoms with Gasteiger partial charge in [0.2, 0.25) is 0 Å². The molecule has 0 amide bonds. The van der Waals surface area contributed by atoms with Crippen LogP contribution >= 0.6 is 0 Å². The average molecular weight is 257 g/mol. The van der Waals surface area contributed by atoms with Crippen LogP contribution in [-0.2, 0) is 4.74 Å². The molecule has 100 valence electrons. The summed E-state index contributed by atoms with van der Waals surface area (Å²) in [6, 6.07) is 0. The molecule has 0 heterocycles. The van der Waals surface area contributed by atoms with Crippen LogP contribution in [-0.4, -0.2) is 12.2 Å². The fraction of sp³-hybridized carbons (Fsp3) is 0.375. The summed E-state index contributed by atoms with van der Waals surface area (Å²) < 4.78 is 5.47. The van der Waals surface area contributed by atoms with Crippen LogP contribution in [0.1, 0.15) is 19.8 Å². The fourth-order valence-corrected chi connectivity index (χ4v) is 2.83.